The van der Waals surface area contributed by atoms with Gasteiger partial charge in [-0.2, -0.15) is 0 Å². The lowest BCUT2D eigenvalue weighted by molar-refractivity contribution is 0.0641. The van der Waals surface area contributed by atoms with Gasteiger partial charge < -0.3 is 9.30 Å². The second-order valence-electron chi connectivity index (χ2n) is 3.93. The first-order chi connectivity index (χ1) is 8.25. The fourth-order valence-electron chi connectivity index (χ4n) is 1.57. The number of carbonyl (C=O) groups is 1. The van der Waals surface area contributed by atoms with Crippen LogP contribution in [0.25, 0.3) is 0 Å². The Balaban J connectivity index is 1.84. The Labute approximate surface area is 101 Å². The van der Waals surface area contributed by atoms with Gasteiger partial charge in [0, 0.05) is 18.0 Å². The van der Waals surface area contributed by atoms with E-state index in [4.69, 9.17) is 4.74 Å². The molecule has 1 aromatic heterocycles. The summed E-state index contributed by atoms with van der Waals surface area (Å²) in [7, 11) is 0. The molecule has 0 bridgehead atoms. The average Bonchev–Trinajstić information content (AvgIpc) is 2.79. The predicted octanol–water partition coefficient (Wildman–Crippen LogP) is 2.87. The van der Waals surface area contributed by atoms with Crippen molar-refractivity contribution < 1.29 is 9.53 Å². The van der Waals surface area contributed by atoms with Gasteiger partial charge in [0.2, 0.25) is 0 Å². The second-order valence-corrected chi connectivity index (χ2v) is 3.93. The van der Waals surface area contributed by atoms with E-state index in [9.17, 15) is 4.79 Å². The van der Waals surface area contributed by atoms with Gasteiger partial charge in [0.15, 0.2) is 5.78 Å². The summed E-state index contributed by atoms with van der Waals surface area (Å²) < 4.78 is 7.41. The maximum Gasteiger partial charge on any atom is 0.161 e. The lowest BCUT2D eigenvalue weighted by Crippen LogP contribution is -2.00. The Morgan fingerprint density at radius 2 is 2.00 bits per heavy atom. The highest BCUT2D eigenvalue weighted by Crippen LogP contribution is 2.05. The molecule has 0 radical (unpaired) electrons. The summed E-state index contributed by atoms with van der Waals surface area (Å²) in [6.45, 7) is 2.60. The van der Waals surface area contributed by atoms with E-state index in [1.807, 2.05) is 41.1 Å². The largest absolute Gasteiger partial charge is 0.356 e. The zero-order valence-corrected chi connectivity index (χ0v) is 9.80. The van der Waals surface area contributed by atoms with Gasteiger partial charge in [-0.25, -0.2) is 0 Å². The third-order valence-electron chi connectivity index (χ3n) is 2.51. The molecular weight excluding hydrogens is 214 g/mol. The Morgan fingerprint density at radius 1 is 1.24 bits per heavy atom. The van der Waals surface area contributed by atoms with Gasteiger partial charge in [-0.15, -0.1) is 0 Å². The SMILES string of the molecule is CC(=O)c1ccn(COCc2ccccc2)c1. The van der Waals surface area contributed by atoms with Crippen molar-refractivity contribution in [2.45, 2.75) is 20.3 Å². The van der Waals surface area contributed by atoms with Gasteiger partial charge >= 0.3 is 0 Å². The van der Waals surface area contributed by atoms with Crippen LogP contribution in [0.1, 0.15) is 22.8 Å². The maximum atomic E-state index is 11.1. The molecule has 3 heteroatoms. The molecule has 0 amide bonds. The minimum absolute atomic E-state index is 0.0757. The van der Waals surface area contributed by atoms with E-state index < -0.39 is 0 Å². The second kappa shape index (κ2) is 5.46. The van der Waals surface area contributed by atoms with Crippen LogP contribution in [-0.4, -0.2) is 10.4 Å². The zero-order valence-electron chi connectivity index (χ0n) is 9.80. The molecule has 2 aromatic rings. The van der Waals surface area contributed by atoms with Crippen LogP contribution in [0, 0.1) is 0 Å². The van der Waals surface area contributed by atoms with Gasteiger partial charge in [-0.3, -0.25) is 4.79 Å². The summed E-state index contributed by atoms with van der Waals surface area (Å²) in [6.07, 6.45) is 3.65. The molecule has 1 aromatic carbocycles. The Morgan fingerprint density at radius 3 is 2.65 bits per heavy atom. The molecule has 0 aliphatic rings. The van der Waals surface area contributed by atoms with Crippen molar-refractivity contribution >= 4 is 5.78 Å². The molecule has 0 saturated carbocycles. The third-order valence-corrected chi connectivity index (χ3v) is 2.51. The lowest BCUT2D eigenvalue weighted by Gasteiger charge is -2.05. The van der Waals surface area contributed by atoms with E-state index in [2.05, 4.69) is 0 Å². The first-order valence-corrected chi connectivity index (χ1v) is 5.54. The molecule has 1 heterocycles. The minimum Gasteiger partial charge on any atom is -0.356 e. The van der Waals surface area contributed by atoms with Crippen molar-refractivity contribution in [2.75, 3.05) is 0 Å². The van der Waals surface area contributed by atoms with Crippen molar-refractivity contribution in [2.24, 2.45) is 0 Å². The molecule has 2 rings (SSSR count). The number of hydrogen-bond donors (Lipinski definition) is 0. The molecule has 0 saturated heterocycles. The summed E-state index contributed by atoms with van der Waals surface area (Å²) in [5.74, 6) is 0.0757. The van der Waals surface area contributed by atoms with Crippen LogP contribution >= 0.6 is 0 Å². The molecular formula is C14H15NO2. The van der Waals surface area contributed by atoms with Crippen LogP contribution in [0.5, 0.6) is 0 Å². The lowest BCUT2D eigenvalue weighted by atomic mass is 10.2. The number of Topliss-reactive ketones (excluding diaryl/α,β-unsaturated/α-hetero) is 1. The summed E-state index contributed by atoms with van der Waals surface area (Å²) >= 11 is 0. The van der Waals surface area contributed by atoms with Crippen molar-refractivity contribution in [3.05, 3.63) is 59.9 Å². The summed E-state index contributed by atoms with van der Waals surface area (Å²) in [5.41, 5.74) is 1.86. The van der Waals surface area contributed by atoms with Crippen molar-refractivity contribution in [3.63, 3.8) is 0 Å². The molecule has 3 nitrogen and oxygen atoms in total. The quantitative estimate of drug-likeness (QED) is 0.738. The molecule has 0 N–H and O–H groups in total. The summed E-state index contributed by atoms with van der Waals surface area (Å²) in [4.78, 5) is 11.1. The third kappa shape index (κ3) is 3.29. The first kappa shape index (κ1) is 11.6. The van der Waals surface area contributed by atoms with E-state index >= 15 is 0 Å². The van der Waals surface area contributed by atoms with E-state index in [1.54, 1.807) is 19.2 Å². The molecule has 0 fully saturated rings. The standard InChI is InChI=1S/C14H15NO2/c1-12(16)14-7-8-15(9-14)11-17-10-13-5-3-2-4-6-13/h2-9H,10-11H2,1H3. The molecule has 0 spiro atoms. The van der Waals surface area contributed by atoms with E-state index in [-0.39, 0.29) is 5.78 Å². The van der Waals surface area contributed by atoms with Gasteiger partial charge in [-0.05, 0) is 18.6 Å². The number of carbonyl (C=O) groups excluding carboxylic acids is 1. The minimum atomic E-state index is 0.0757. The first-order valence-electron chi connectivity index (χ1n) is 5.54. The normalized spacial score (nSPS) is 10.4. The topological polar surface area (TPSA) is 31.2 Å². The highest BCUT2D eigenvalue weighted by Gasteiger charge is 2.01. The smallest absolute Gasteiger partial charge is 0.161 e. The van der Waals surface area contributed by atoms with Crippen LogP contribution in [0.2, 0.25) is 0 Å². The molecule has 0 aliphatic carbocycles. The zero-order chi connectivity index (χ0) is 12.1. The Kier molecular flexibility index (Phi) is 3.73. The van der Waals surface area contributed by atoms with Crippen LogP contribution in [0.4, 0.5) is 0 Å². The van der Waals surface area contributed by atoms with Gasteiger partial charge in [0.1, 0.15) is 6.73 Å². The highest BCUT2D eigenvalue weighted by atomic mass is 16.5. The van der Waals surface area contributed by atoms with E-state index in [1.165, 1.54) is 0 Å². The number of aromatic nitrogens is 1. The number of ether oxygens (including phenoxy) is 1. The highest BCUT2D eigenvalue weighted by molar-refractivity contribution is 5.93. The van der Waals surface area contributed by atoms with E-state index in [0.717, 1.165) is 5.56 Å². The van der Waals surface area contributed by atoms with Crippen LogP contribution in [-0.2, 0) is 18.1 Å². The van der Waals surface area contributed by atoms with Gasteiger partial charge in [0.25, 0.3) is 0 Å². The van der Waals surface area contributed by atoms with Crippen molar-refractivity contribution in [3.8, 4) is 0 Å². The molecule has 17 heavy (non-hydrogen) atoms. The number of rotatable bonds is 5. The fraction of sp³-hybridized carbons (Fsp3) is 0.214. The average molecular weight is 229 g/mol. The van der Waals surface area contributed by atoms with E-state index in [0.29, 0.717) is 18.9 Å². The number of nitrogens with zero attached hydrogens (tertiary/aromatic N) is 1. The van der Waals surface area contributed by atoms with Crippen molar-refractivity contribution in [1.82, 2.24) is 4.57 Å². The van der Waals surface area contributed by atoms with Crippen LogP contribution < -0.4 is 0 Å². The Bertz CT molecular complexity index is 488. The van der Waals surface area contributed by atoms with Gasteiger partial charge in [-0.1, -0.05) is 30.3 Å². The van der Waals surface area contributed by atoms with Gasteiger partial charge in [0.05, 0.1) is 6.61 Å². The fourth-order valence-corrected chi connectivity index (χ4v) is 1.57. The van der Waals surface area contributed by atoms with Crippen LogP contribution in [0.3, 0.4) is 0 Å². The molecule has 88 valence electrons. The Hall–Kier alpha value is -1.87. The summed E-state index contributed by atoms with van der Waals surface area (Å²) in [5, 5.41) is 0. The number of benzene rings is 1. The molecule has 0 unspecified atom stereocenters. The number of ketones is 1. The van der Waals surface area contributed by atoms with Crippen LogP contribution in [0.15, 0.2) is 48.8 Å². The number of hydrogen-bond acceptors (Lipinski definition) is 2. The predicted molar refractivity (Wildman–Crippen MR) is 65.7 cm³/mol. The molecule has 0 aliphatic heterocycles. The van der Waals surface area contributed by atoms with Crippen molar-refractivity contribution in [1.29, 1.82) is 0 Å². The monoisotopic (exact) mass is 229 g/mol. The molecule has 0 atom stereocenters. The summed E-state index contributed by atoms with van der Waals surface area (Å²) in [6, 6.07) is 11.8. The maximum absolute atomic E-state index is 11.1.